The Morgan fingerprint density at radius 3 is 2.22 bits per heavy atom. The smallest absolute Gasteiger partial charge is 0.330 e. The highest BCUT2D eigenvalue weighted by Gasteiger charge is 1.99. The van der Waals surface area contributed by atoms with Gasteiger partial charge >= 0.3 is 5.97 Å². The minimum absolute atomic E-state index is 0. The van der Waals surface area contributed by atoms with Gasteiger partial charge in [-0.2, -0.15) is 0 Å². The SMILES string of the molecule is C=C(CCC)C(=O)O.[AlH3]. The highest BCUT2D eigenvalue weighted by Crippen LogP contribution is 1.99. The van der Waals surface area contributed by atoms with Gasteiger partial charge in [0.1, 0.15) is 0 Å². The summed E-state index contributed by atoms with van der Waals surface area (Å²) in [5.74, 6) is -0.883. The van der Waals surface area contributed by atoms with Crippen molar-refractivity contribution in [3.63, 3.8) is 0 Å². The highest BCUT2D eigenvalue weighted by atomic mass is 27.0. The first-order chi connectivity index (χ1) is 3.68. The predicted molar refractivity (Wildman–Crippen MR) is 41.6 cm³/mol. The second kappa shape index (κ2) is 5.87. The standard InChI is InChI=1S/C6H10O2.Al.3H/c1-3-4-5(2)6(7)8;;;;/h2-4H2,1H3,(H,7,8);;;;. The molecule has 0 aromatic carbocycles. The van der Waals surface area contributed by atoms with Gasteiger partial charge in [-0.15, -0.1) is 0 Å². The summed E-state index contributed by atoms with van der Waals surface area (Å²) in [6, 6.07) is 0. The molecule has 0 saturated carbocycles. The summed E-state index contributed by atoms with van der Waals surface area (Å²) < 4.78 is 0. The molecule has 0 aliphatic rings. The monoisotopic (exact) mass is 144 g/mol. The van der Waals surface area contributed by atoms with E-state index >= 15 is 0 Å². The molecule has 1 N–H and O–H groups in total. The topological polar surface area (TPSA) is 37.3 Å². The number of hydrogen-bond donors (Lipinski definition) is 1. The van der Waals surface area contributed by atoms with Gasteiger partial charge in [-0.25, -0.2) is 4.79 Å². The molecular formula is C6H13AlO2. The van der Waals surface area contributed by atoms with Crippen LogP contribution in [-0.2, 0) is 4.79 Å². The molecule has 0 aromatic heterocycles. The first-order valence-electron chi connectivity index (χ1n) is 2.59. The quantitative estimate of drug-likeness (QED) is 0.455. The Balaban J connectivity index is 0. The van der Waals surface area contributed by atoms with Crippen LogP contribution in [0.4, 0.5) is 0 Å². The van der Waals surface area contributed by atoms with Gasteiger partial charge in [0, 0.05) is 5.57 Å². The lowest BCUT2D eigenvalue weighted by molar-refractivity contribution is -0.132. The van der Waals surface area contributed by atoms with Crippen LogP contribution in [0.2, 0.25) is 0 Å². The lowest BCUT2D eigenvalue weighted by Gasteiger charge is -1.92. The lowest BCUT2D eigenvalue weighted by atomic mass is 10.2. The van der Waals surface area contributed by atoms with Gasteiger partial charge in [-0.05, 0) is 6.42 Å². The van der Waals surface area contributed by atoms with Crippen molar-refractivity contribution in [2.24, 2.45) is 0 Å². The Labute approximate surface area is 65.7 Å². The summed E-state index contributed by atoms with van der Waals surface area (Å²) in [5, 5.41) is 8.21. The molecule has 0 bridgehead atoms. The average Bonchev–Trinajstić information content (AvgIpc) is 1.67. The molecule has 0 rings (SSSR count). The molecule has 0 saturated heterocycles. The van der Waals surface area contributed by atoms with Crippen LogP contribution >= 0.6 is 0 Å². The molecule has 0 unspecified atom stereocenters. The first-order valence-corrected chi connectivity index (χ1v) is 2.59. The number of aliphatic carboxylic acids is 1. The van der Waals surface area contributed by atoms with Crippen molar-refractivity contribution in [3.05, 3.63) is 12.2 Å². The van der Waals surface area contributed by atoms with Crippen LogP contribution in [0.15, 0.2) is 12.2 Å². The second-order valence-corrected chi connectivity index (χ2v) is 1.66. The van der Waals surface area contributed by atoms with E-state index in [2.05, 4.69) is 6.58 Å². The number of carbonyl (C=O) groups is 1. The van der Waals surface area contributed by atoms with Crippen molar-refractivity contribution in [2.45, 2.75) is 19.8 Å². The molecule has 0 heterocycles. The van der Waals surface area contributed by atoms with Gasteiger partial charge in [0.05, 0.1) is 0 Å². The Kier molecular flexibility index (Phi) is 7.52. The summed E-state index contributed by atoms with van der Waals surface area (Å²) in [6.45, 7) is 5.27. The number of rotatable bonds is 3. The maximum Gasteiger partial charge on any atom is 0.330 e. The summed E-state index contributed by atoms with van der Waals surface area (Å²) in [4.78, 5) is 9.99. The third-order valence-corrected chi connectivity index (χ3v) is 0.854. The van der Waals surface area contributed by atoms with Crippen molar-refractivity contribution < 1.29 is 9.90 Å². The fourth-order valence-electron chi connectivity index (χ4n) is 0.409. The molecule has 0 radical (unpaired) electrons. The van der Waals surface area contributed by atoms with E-state index in [1.807, 2.05) is 6.92 Å². The lowest BCUT2D eigenvalue weighted by Crippen LogP contribution is -1.97. The highest BCUT2D eigenvalue weighted by molar-refractivity contribution is 5.85. The van der Waals surface area contributed by atoms with Gasteiger partial charge in [-0.3, -0.25) is 0 Å². The molecule has 0 spiro atoms. The van der Waals surface area contributed by atoms with E-state index in [1.165, 1.54) is 0 Å². The van der Waals surface area contributed by atoms with Gasteiger partial charge in [0.25, 0.3) is 0 Å². The number of carboxylic acid groups (broad SMARTS) is 1. The largest absolute Gasteiger partial charge is 0.478 e. The van der Waals surface area contributed by atoms with Gasteiger partial charge in [0.2, 0.25) is 0 Å². The summed E-state index contributed by atoms with van der Waals surface area (Å²) in [5.41, 5.74) is 0.299. The van der Waals surface area contributed by atoms with E-state index in [-0.39, 0.29) is 17.4 Å². The van der Waals surface area contributed by atoms with Crippen LogP contribution in [0.1, 0.15) is 19.8 Å². The zero-order valence-electron chi connectivity index (χ0n) is 4.98. The van der Waals surface area contributed by atoms with Crippen LogP contribution in [0.3, 0.4) is 0 Å². The molecular weight excluding hydrogens is 131 g/mol. The zero-order chi connectivity index (χ0) is 6.57. The molecule has 0 fully saturated rings. The van der Waals surface area contributed by atoms with Crippen molar-refractivity contribution in [1.29, 1.82) is 0 Å². The normalized spacial score (nSPS) is 7.67. The fourth-order valence-corrected chi connectivity index (χ4v) is 0.409. The van der Waals surface area contributed by atoms with Gasteiger partial charge in [-0.1, -0.05) is 19.9 Å². The minimum atomic E-state index is -0.883. The van der Waals surface area contributed by atoms with E-state index in [1.54, 1.807) is 0 Å². The molecule has 3 heteroatoms. The van der Waals surface area contributed by atoms with E-state index < -0.39 is 5.97 Å². The minimum Gasteiger partial charge on any atom is -0.478 e. The van der Waals surface area contributed by atoms with Crippen molar-refractivity contribution in [3.8, 4) is 0 Å². The van der Waals surface area contributed by atoms with E-state index in [0.29, 0.717) is 12.0 Å². The average molecular weight is 144 g/mol. The molecule has 0 amide bonds. The molecule has 0 atom stereocenters. The molecule has 0 aromatic rings. The zero-order valence-corrected chi connectivity index (χ0v) is 4.98. The Morgan fingerprint density at radius 2 is 2.11 bits per heavy atom. The number of hydrogen-bond acceptors (Lipinski definition) is 1. The van der Waals surface area contributed by atoms with Crippen LogP contribution < -0.4 is 0 Å². The molecule has 52 valence electrons. The maximum absolute atomic E-state index is 9.99. The molecule has 0 aliphatic heterocycles. The second-order valence-electron chi connectivity index (χ2n) is 1.66. The van der Waals surface area contributed by atoms with Crippen LogP contribution in [0.5, 0.6) is 0 Å². The van der Waals surface area contributed by atoms with E-state index in [4.69, 9.17) is 5.11 Å². The van der Waals surface area contributed by atoms with Crippen molar-refractivity contribution in [1.82, 2.24) is 0 Å². The molecule has 2 nitrogen and oxygen atoms in total. The third kappa shape index (κ3) is 5.62. The predicted octanol–water partition coefficient (Wildman–Crippen LogP) is 0.243. The van der Waals surface area contributed by atoms with Crippen molar-refractivity contribution in [2.75, 3.05) is 0 Å². The summed E-state index contributed by atoms with van der Waals surface area (Å²) >= 11 is 0. The van der Waals surface area contributed by atoms with Crippen LogP contribution in [-0.4, -0.2) is 28.4 Å². The summed E-state index contributed by atoms with van der Waals surface area (Å²) in [7, 11) is 0. The van der Waals surface area contributed by atoms with E-state index in [9.17, 15) is 4.79 Å². The Morgan fingerprint density at radius 1 is 1.67 bits per heavy atom. The molecule has 0 aliphatic carbocycles. The van der Waals surface area contributed by atoms with E-state index in [0.717, 1.165) is 6.42 Å². The number of carboxylic acids is 1. The summed E-state index contributed by atoms with van der Waals surface area (Å²) in [6.07, 6.45) is 1.44. The first kappa shape index (κ1) is 11.5. The Hall–Kier alpha value is -0.258. The van der Waals surface area contributed by atoms with Crippen molar-refractivity contribution >= 4 is 23.3 Å². The van der Waals surface area contributed by atoms with Gasteiger partial charge < -0.3 is 5.11 Å². The molecule has 9 heavy (non-hydrogen) atoms. The van der Waals surface area contributed by atoms with Crippen LogP contribution in [0, 0.1) is 0 Å². The third-order valence-electron chi connectivity index (χ3n) is 0.854. The van der Waals surface area contributed by atoms with Crippen LogP contribution in [0.25, 0.3) is 0 Å². The Bertz CT molecular complexity index is 110. The maximum atomic E-state index is 9.99. The van der Waals surface area contributed by atoms with Gasteiger partial charge in [0.15, 0.2) is 17.4 Å². The fraction of sp³-hybridized carbons (Fsp3) is 0.500.